The summed E-state index contributed by atoms with van der Waals surface area (Å²) < 4.78 is 5.30. The molecular weight excluding hydrogens is 236 g/mol. The predicted molar refractivity (Wildman–Crippen MR) is 82.6 cm³/mol. The molecule has 0 aromatic carbocycles. The Balaban J connectivity index is 2.79. The molecule has 1 aliphatic carbocycles. The topological polar surface area (TPSA) is 24.5 Å². The van der Waals surface area contributed by atoms with Crippen LogP contribution in [0.1, 0.15) is 47.0 Å². The Bertz CT molecular complexity index is 253. The molecule has 0 aromatic rings. The first-order valence-electron chi connectivity index (χ1n) is 7.82. The van der Waals surface area contributed by atoms with Crippen molar-refractivity contribution in [1.29, 1.82) is 0 Å². The van der Waals surface area contributed by atoms with E-state index in [0.717, 1.165) is 13.2 Å². The van der Waals surface area contributed by atoms with Gasteiger partial charge in [-0.1, -0.05) is 34.1 Å². The minimum Gasteiger partial charge on any atom is -0.383 e. The van der Waals surface area contributed by atoms with E-state index in [1.165, 1.54) is 25.8 Å². The van der Waals surface area contributed by atoms with Crippen LogP contribution in [0, 0.1) is 11.3 Å². The molecule has 1 aliphatic rings. The number of rotatable bonds is 7. The monoisotopic (exact) mass is 270 g/mol. The Hall–Kier alpha value is -0.120. The smallest absolute Gasteiger partial charge is 0.0589 e. The Morgan fingerprint density at radius 1 is 1.37 bits per heavy atom. The zero-order valence-electron chi connectivity index (χ0n) is 13.8. The lowest BCUT2D eigenvalue weighted by atomic mass is 9.70. The van der Waals surface area contributed by atoms with Gasteiger partial charge in [0, 0.05) is 32.3 Å². The lowest BCUT2D eigenvalue weighted by Crippen LogP contribution is -2.59. The van der Waals surface area contributed by atoms with Gasteiger partial charge in [-0.05, 0) is 31.2 Å². The summed E-state index contributed by atoms with van der Waals surface area (Å²) in [5, 5.41) is 3.59. The van der Waals surface area contributed by atoms with Gasteiger partial charge < -0.3 is 10.1 Å². The third-order valence-electron chi connectivity index (χ3n) is 4.51. The van der Waals surface area contributed by atoms with E-state index in [9.17, 15) is 0 Å². The molecule has 0 bridgehead atoms. The van der Waals surface area contributed by atoms with Gasteiger partial charge in [0.1, 0.15) is 0 Å². The maximum atomic E-state index is 5.30. The summed E-state index contributed by atoms with van der Waals surface area (Å²) in [5.74, 6) is 0.708. The van der Waals surface area contributed by atoms with Crippen molar-refractivity contribution in [3.63, 3.8) is 0 Å². The van der Waals surface area contributed by atoms with Gasteiger partial charge in [0.05, 0.1) is 6.61 Å². The van der Waals surface area contributed by atoms with E-state index < -0.39 is 0 Å². The minimum atomic E-state index is 0.389. The molecule has 0 saturated heterocycles. The maximum Gasteiger partial charge on any atom is 0.0589 e. The first kappa shape index (κ1) is 16.9. The van der Waals surface area contributed by atoms with Gasteiger partial charge in [-0.25, -0.2) is 0 Å². The predicted octanol–water partition coefficient (Wildman–Crippen LogP) is 2.76. The lowest BCUT2D eigenvalue weighted by Gasteiger charge is -2.48. The molecule has 0 heterocycles. The second-order valence-corrected chi connectivity index (χ2v) is 7.10. The molecule has 0 spiro atoms. The molecule has 0 radical (unpaired) electrons. The van der Waals surface area contributed by atoms with E-state index in [-0.39, 0.29) is 0 Å². The summed E-state index contributed by atoms with van der Waals surface area (Å²) in [6.45, 7) is 12.5. The second-order valence-electron chi connectivity index (χ2n) is 7.10. The van der Waals surface area contributed by atoms with Gasteiger partial charge in [0.15, 0.2) is 0 Å². The highest BCUT2D eigenvalue weighted by atomic mass is 16.5. The molecular formula is C16H34N2O. The van der Waals surface area contributed by atoms with Crippen molar-refractivity contribution in [1.82, 2.24) is 10.2 Å². The second kappa shape index (κ2) is 7.61. The lowest BCUT2D eigenvalue weighted by molar-refractivity contribution is 0.0300. The van der Waals surface area contributed by atoms with E-state index in [1.54, 1.807) is 7.11 Å². The van der Waals surface area contributed by atoms with Crippen LogP contribution in [0.3, 0.4) is 0 Å². The molecule has 2 unspecified atom stereocenters. The van der Waals surface area contributed by atoms with Gasteiger partial charge in [0.2, 0.25) is 0 Å². The average Bonchev–Trinajstić information content (AvgIpc) is 2.32. The number of nitrogens with one attached hydrogen (secondary N) is 1. The van der Waals surface area contributed by atoms with Gasteiger partial charge in [-0.2, -0.15) is 0 Å². The van der Waals surface area contributed by atoms with Gasteiger partial charge in [-0.3, -0.25) is 4.90 Å². The fourth-order valence-electron chi connectivity index (χ4n) is 3.66. The van der Waals surface area contributed by atoms with E-state index in [4.69, 9.17) is 4.74 Å². The molecule has 114 valence electrons. The highest BCUT2D eigenvalue weighted by molar-refractivity contribution is 4.97. The summed E-state index contributed by atoms with van der Waals surface area (Å²) in [6, 6.07) is 1.23. The van der Waals surface area contributed by atoms with Crippen molar-refractivity contribution in [2.75, 3.05) is 33.9 Å². The Morgan fingerprint density at radius 3 is 2.58 bits per heavy atom. The van der Waals surface area contributed by atoms with Crippen LogP contribution in [-0.4, -0.2) is 50.8 Å². The van der Waals surface area contributed by atoms with Crippen LogP contribution in [0.4, 0.5) is 0 Å². The molecule has 3 heteroatoms. The number of hydrogen-bond acceptors (Lipinski definition) is 3. The summed E-state index contributed by atoms with van der Waals surface area (Å²) in [6.07, 6.45) is 3.98. The van der Waals surface area contributed by atoms with Crippen LogP contribution in [0.2, 0.25) is 0 Å². The molecule has 1 N–H and O–H groups in total. The van der Waals surface area contributed by atoms with Crippen LogP contribution >= 0.6 is 0 Å². The molecule has 0 amide bonds. The standard InChI is InChI=1S/C16H34N2O/c1-13(2)12-18(10-11-19-6)14-8-7-9-16(3,4)15(14)17-5/h13-15,17H,7-12H2,1-6H3. The minimum absolute atomic E-state index is 0.389. The van der Waals surface area contributed by atoms with Crippen molar-refractivity contribution >= 4 is 0 Å². The van der Waals surface area contributed by atoms with E-state index in [0.29, 0.717) is 23.4 Å². The Labute approximate surface area is 120 Å². The van der Waals surface area contributed by atoms with Crippen LogP contribution < -0.4 is 5.32 Å². The first-order valence-corrected chi connectivity index (χ1v) is 7.82. The van der Waals surface area contributed by atoms with Crippen molar-refractivity contribution in [3.05, 3.63) is 0 Å². The highest BCUT2D eigenvalue weighted by Gasteiger charge is 2.40. The third-order valence-corrected chi connectivity index (χ3v) is 4.51. The SMILES string of the molecule is CNC1C(N(CCOC)CC(C)C)CCCC1(C)C. The van der Waals surface area contributed by atoms with Gasteiger partial charge in [0.25, 0.3) is 0 Å². The maximum absolute atomic E-state index is 5.30. The zero-order valence-corrected chi connectivity index (χ0v) is 13.8. The van der Waals surface area contributed by atoms with Crippen molar-refractivity contribution in [2.24, 2.45) is 11.3 Å². The quantitative estimate of drug-likeness (QED) is 0.770. The normalized spacial score (nSPS) is 27.2. The zero-order chi connectivity index (χ0) is 14.5. The van der Waals surface area contributed by atoms with Crippen LogP contribution in [-0.2, 0) is 4.74 Å². The van der Waals surface area contributed by atoms with E-state index in [2.05, 4.69) is 45.0 Å². The molecule has 19 heavy (non-hydrogen) atoms. The van der Waals surface area contributed by atoms with Crippen molar-refractivity contribution in [2.45, 2.75) is 59.0 Å². The highest BCUT2D eigenvalue weighted by Crippen LogP contribution is 2.37. The number of likely N-dealkylation sites (N-methyl/N-ethyl adjacent to an activating group) is 1. The average molecular weight is 270 g/mol. The van der Waals surface area contributed by atoms with E-state index >= 15 is 0 Å². The summed E-state index contributed by atoms with van der Waals surface area (Å²) in [4.78, 5) is 2.65. The number of ether oxygens (including phenoxy) is 1. The van der Waals surface area contributed by atoms with E-state index in [1.807, 2.05) is 0 Å². The van der Waals surface area contributed by atoms with Crippen molar-refractivity contribution < 1.29 is 4.74 Å². The molecule has 1 rings (SSSR count). The number of hydrogen-bond donors (Lipinski definition) is 1. The fraction of sp³-hybridized carbons (Fsp3) is 1.00. The summed E-state index contributed by atoms with van der Waals surface area (Å²) in [5.41, 5.74) is 0.389. The molecule has 1 saturated carbocycles. The third kappa shape index (κ3) is 4.73. The first-order chi connectivity index (χ1) is 8.92. The summed E-state index contributed by atoms with van der Waals surface area (Å²) in [7, 11) is 3.92. The molecule has 1 fully saturated rings. The molecule has 3 nitrogen and oxygen atoms in total. The van der Waals surface area contributed by atoms with Crippen LogP contribution in [0.15, 0.2) is 0 Å². The number of nitrogens with zero attached hydrogens (tertiary/aromatic N) is 1. The number of methoxy groups -OCH3 is 1. The van der Waals surface area contributed by atoms with Gasteiger partial charge >= 0.3 is 0 Å². The molecule has 0 aliphatic heterocycles. The van der Waals surface area contributed by atoms with Crippen LogP contribution in [0.25, 0.3) is 0 Å². The van der Waals surface area contributed by atoms with Gasteiger partial charge in [-0.15, -0.1) is 0 Å². The molecule has 0 aromatic heterocycles. The fourth-order valence-corrected chi connectivity index (χ4v) is 3.66. The van der Waals surface area contributed by atoms with Crippen LogP contribution in [0.5, 0.6) is 0 Å². The Kier molecular flexibility index (Phi) is 6.78. The Morgan fingerprint density at radius 2 is 2.05 bits per heavy atom. The largest absolute Gasteiger partial charge is 0.383 e. The molecule has 2 atom stereocenters. The summed E-state index contributed by atoms with van der Waals surface area (Å²) >= 11 is 0. The van der Waals surface area contributed by atoms with Crippen molar-refractivity contribution in [3.8, 4) is 0 Å².